The molecule has 0 atom stereocenters. The van der Waals surface area contributed by atoms with Gasteiger partial charge in [-0.3, -0.25) is 0 Å². The zero-order valence-electron chi connectivity index (χ0n) is 13.1. The maximum Gasteiger partial charge on any atom is 0.339 e. The van der Waals surface area contributed by atoms with Crippen LogP contribution >= 0.6 is 23.6 Å². The van der Waals surface area contributed by atoms with Gasteiger partial charge in [-0.15, -0.1) is 11.3 Å². The SMILES string of the molecule is O=C(O)c1ccc(NC(=S)Nc2nc(-c3cccc(F)c3)cs2)cc1O. The molecule has 6 nitrogen and oxygen atoms in total. The first-order valence-electron chi connectivity index (χ1n) is 7.28. The van der Waals surface area contributed by atoms with E-state index in [1.807, 2.05) is 0 Å². The quantitative estimate of drug-likeness (QED) is 0.498. The molecule has 3 aromatic rings. The fraction of sp³-hybridized carbons (Fsp3) is 0. The van der Waals surface area contributed by atoms with Gasteiger partial charge in [0.1, 0.15) is 17.1 Å². The highest BCUT2D eigenvalue weighted by Gasteiger charge is 2.11. The number of nitrogens with one attached hydrogen (secondary N) is 2. The van der Waals surface area contributed by atoms with Gasteiger partial charge in [-0.1, -0.05) is 12.1 Å². The number of aromatic nitrogens is 1. The summed E-state index contributed by atoms with van der Waals surface area (Å²) in [4.78, 5) is 15.2. The number of benzene rings is 2. The standard InChI is InChI=1S/C17H12FN3O3S2/c18-10-3-1-2-9(6-10)13-8-26-17(20-13)21-16(25)19-11-4-5-12(15(23)24)14(22)7-11/h1-8,22H,(H,23,24)(H2,19,20,21,25). The van der Waals surface area contributed by atoms with Crippen LogP contribution < -0.4 is 10.6 Å². The number of hydrogen-bond donors (Lipinski definition) is 4. The van der Waals surface area contributed by atoms with E-state index in [9.17, 15) is 14.3 Å². The molecule has 0 aliphatic rings. The number of thiocarbonyl (C=S) groups is 1. The van der Waals surface area contributed by atoms with E-state index in [1.165, 1.54) is 41.7 Å². The molecular weight excluding hydrogens is 377 g/mol. The van der Waals surface area contributed by atoms with Crippen molar-refractivity contribution in [1.29, 1.82) is 0 Å². The van der Waals surface area contributed by atoms with Crippen molar-refractivity contribution < 1.29 is 19.4 Å². The molecule has 0 saturated carbocycles. The number of anilines is 2. The van der Waals surface area contributed by atoms with E-state index in [-0.39, 0.29) is 22.2 Å². The van der Waals surface area contributed by atoms with Crippen LogP contribution in [-0.2, 0) is 0 Å². The molecule has 3 rings (SSSR count). The Balaban J connectivity index is 1.67. The molecule has 132 valence electrons. The third-order valence-electron chi connectivity index (χ3n) is 3.33. The van der Waals surface area contributed by atoms with Gasteiger partial charge in [0.05, 0.1) is 5.69 Å². The third-order valence-corrected chi connectivity index (χ3v) is 4.29. The van der Waals surface area contributed by atoms with Crippen LogP contribution in [0.15, 0.2) is 47.8 Å². The van der Waals surface area contributed by atoms with Crippen LogP contribution in [0.25, 0.3) is 11.3 Å². The van der Waals surface area contributed by atoms with Gasteiger partial charge < -0.3 is 20.8 Å². The highest BCUT2D eigenvalue weighted by molar-refractivity contribution is 7.80. The monoisotopic (exact) mass is 389 g/mol. The second-order valence-electron chi connectivity index (χ2n) is 5.16. The number of nitrogens with zero attached hydrogens (tertiary/aromatic N) is 1. The Morgan fingerprint density at radius 3 is 2.69 bits per heavy atom. The average Bonchev–Trinajstić information content (AvgIpc) is 3.03. The van der Waals surface area contributed by atoms with E-state index in [4.69, 9.17) is 17.3 Å². The minimum atomic E-state index is -1.22. The lowest BCUT2D eigenvalue weighted by atomic mass is 10.2. The summed E-state index contributed by atoms with van der Waals surface area (Å²) in [5, 5.41) is 26.8. The molecule has 0 radical (unpaired) electrons. The Morgan fingerprint density at radius 2 is 2.00 bits per heavy atom. The average molecular weight is 389 g/mol. The van der Waals surface area contributed by atoms with Crippen LogP contribution in [0.1, 0.15) is 10.4 Å². The van der Waals surface area contributed by atoms with E-state index < -0.39 is 5.97 Å². The summed E-state index contributed by atoms with van der Waals surface area (Å²) in [7, 11) is 0. The van der Waals surface area contributed by atoms with Gasteiger partial charge in [0, 0.05) is 22.7 Å². The largest absolute Gasteiger partial charge is 0.507 e. The molecule has 1 heterocycles. The Bertz CT molecular complexity index is 991. The molecule has 0 saturated heterocycles. The first-order valence-corrected chi connectivity index (χ1v) is 8.57. The van der Waals surface area contributed by atoms with Crippen molar-refractivity contribution >= 4 is 45.5 Å². The molecule has 9 heteroatoms. The van der Waals surface area contributed by atoms with Gasteiger partial charge in [0.2, 0.25) is 0 Å². The first kappa shape index (κ1) is 17.8. The van der Waals surface area contributed by atoms with Crippen molar-refractivity contribution in [1.82, 2.24) is 4.98 Å². The first-order chi connectivity index (χ1) is 12.4. The van der Waals surface area contributed by atoms with Gasteiger partial charge in [0.25, 0.3) is 0 Å². The van der Waals surface area contributed by atoms with Crippen molar-refractivity contribution in [3.05, 3.63) is 59.2 Å². The predicted octanol–water partition coefficient (Wildman–Crippen LogP) is 4.16. The topological polar surface area (TPSA) is 94.5 Å². The van der Waals surface area contributed by atoms with E-state index in [1.54, 1.807) is 17.5 Å². The molecule has 26 heavy (non-hydrogen) atoms. The second-order valence-corrected chi connectivity index (χ2v) is 6.43. The number of aromatic carboxylic acids is 1. The molecule has 4 N–H and O–H groups in total. The van der Waals surface area contributed by atoms with Crippen molar-refractivity contribution in [3.8, 4) is 17.0 Å². The number of phenols is 1. The van der Waals surface area contributed by atoms with Crippen LogP contribution in [0.3, 0.4) is 0 Å². The summed E-state index contributed by atoms with van der Waals surface area (Å²) in [6.45, 7) is 0. The lowest BCUT2D eigenvalue weighted by Crippen LogP contribution is -2.19. The number of carbonyl (C=O) groups is 1. The summed E-state index contributed by atoms with van der Waals surface area (Å²) < 4.78 is 13.3. The number of aromatic hydroxyl groups is 1. The minimum absolute atomic E-state index is 0.200. The Labute approximate surface area is 157 Å². The van der Waals surface area contributed by atoms with E-state index in [0.717, 1.165) is 0 Å². The normalized spacial score (nSPS) is 10.3. The summed E-state index contributed by atoms with van der Waals surface area (Å²) in [6.07, 6.45) is 0. The van der Waals surface area contributed by atoms with Crippen LogP contribution in [0.4, 0.5) is 15.2 Å². The Hall–Kier alpha value is -3.04. The fourth-order valence-electron chi connectivity index (χ4n) is 2.16. The molecule has 2 aromatic carbocycles. The van der Waals surface area contributed by atoms with Crippen molar-refractivity contribution in [2.24, 2.45) is 0 Å². The number of rotatable bonds is 4. The summed E-state index contributed by atoms with van der Waals surface area (Å²) in [5.41, 5.74) is 1.49. The summed E-state index contributed by atoms with van der Waals surface area (Å²) >= 11 is 6.48. The van der Waals surface area contributed by atoms with Gasteiger partial charge in [-0.2, -0.15) is 0 Å². The van der Waals surface area contributed by atoms with Crippen LogP contribution in [-0.4, -0.2) is 26.3 Å². The van der Waals surface area contributed by atoms with Crippen LogP contribution in [0, 0.1) is 5.82 Å². The maximum atomic E-state index is 13.3. The predicted molar refractivity (Wildman–Crippen MR) is 102 cm³/mol. The lowest BCUT2D eigenvalue weighted by molar-refractivity contribution is 0.0694. The van der Waals surface area contributed by atoms with Gasteiger partial charge in [-0.05, 0) is 36.5 Å². The van der Waals surface area contributed by atoms with Crippen molar-refractivity contribution in [2.75, 3.05) is 10.6 Å². The number of thiazole rings is 1. The molecule has 0 amide bonds. The highest BCUT2D eigenvalue weighted by atomic mass is 32.1. The molecule has 0 spiro atoms. The molecule has 0 unspecified atom stereocenters. The molecule has 1 aromatic heterocycles. The minimum Gasteiger partial charge on any atom is -0.507 e. The van der Waals surface area contributed by atoms with E-state index in [2.05, 4.69) is 15.6 Å². The fourth-order valence-corrected chi connectivity index (χ4v) is 3.16. The van der Waals surface area contributed by atoms with E-state index in [0.29, 0.717) is 22.1 Å². The number of carboxylic acids is 1. The maximum absolute atomic E-state index is 13.3. The third kappa shape index (κ3) is 4.13. The highest BCUT2D eigenvalue weighted by Crippen LogP contribution is 2.26. The summed E-state index contributed by atoms with van der Waals surface area (Å²) in [6, 6.07) is 10.1. The number of hydrogen-bond acceptors (Lipinski definition) is 5. The zero-order valence-corrected chi connectivity index (χ0v) is 14.7. The summed E-state index contributed by atoms with van der Waals surface area (Å²) in [5.74, 6) is -1.93. The van der Waals surface area contributed by atoms with Crippen molar-refractivity contribution in [3.63, 3.8) is 0 Å². The zero-order chi connectivity index (χ0) is 18.7. The molecule has 0 aliphatic carbocycles. The van der Waals surface area contributed by atoms with Gasteiger partial charge in [0.15, 0.2) is 10.2 Å². The molecule has 0 bridgehead atoms. The van der Waals surface area contributed by atoms with Crippen LogP contribution in [0.2, 0.25) is 0 Å². The van der Waals surface area contributed by atoms with Gasteiger partial charge in [-0.25, -0.2) is 14.2 Å². The van der Waals surface area contributed by atoms with Crippen molar-refractivity contribution in [2.45, 2.75) is 0 Å². The number of carboxylic acid groups (broad SMARTS) is 1. The Morgan fingerprint density at radius 1 is 1.19 bits per heavy atom. The lowest BCUT2D eigenvalue weighted by Gasteiger charge is -2.09. The molecular formula is C17H12FN3O3S2. The smallest absolute Gasteiger partial charge is 0.339 e. The molecule has 0 aliphatic heterocycles. The van der Waals surface area contributed by atoms with Gasteiger partial charge >= 0.3 is 5.97 Å². The second kappa shape index (κ2) is 7.46. The van der Waals surface area contributed by atoms with E-state index >= 15 is 0 Å². The Kier molecular flexibility index (Phi) is 5.10. The van der Waals surface area contributed by atoms with Crippen LogP contribution in [0.5, 0.6) is 5.75 Å². The molecule has 0 fully saturated rings. The number of halogens is 1.